The molecule has 5 heteroatoms. The summed E-state index contributed by atoms with van der Waals surface area (Å²) in [4.78, 5) is 16.0. The van der Waals surface area contributed by atoms with E-state index in [-0.39, 0.29) is 5.91 Å². The zero-order valence-corrected chi connectivity index (χ0v) is 12.7. The summed E-state index contributed by atoms with van der Waals surface area (Å²) in [6.07, 6.45) is 11.4. The second-order valence-electron chi connectivity index (χ2n) is 5.98. The number of nitrogens with zero attached hydrogens (tertiary/aromatic N) is 3. The number of carbonyl (C=O) groups excluding carboxylic acids is 1. The molecule has 1 saturated carbocycles. The van der Waals surface area contributed by atoms with Crippen molar-refractivity contribution < 1.29 is 4.79 Å². The van der Waals surface area contributed by atoms with Crippen LogP contribution < -0.4 is 5.32 Å². The number of hydrogen-bond acceptors (Lipinski definition) is 3. The molecule has 1 aliphatic carbocycles. The van der Waals surface area contributed by atoms with E-state index in [1.165, 1.54) is 38.4 Å². The molecule has 1 aromatic heterocycles. The smallest absolute Gasteiger partial charge is 0.224 e. The number of amides is 1. The highest BCUT2D eigenvalue weighted by atomic mass is 16.1. The molecule has 1 aliphatic rings. The number of hydrogen-bond donors (Lipinski definition) is 1. The van der Waals surface area contributed by atoms with Crippen LogP contribution in [0.2, 0.25) is 0 Å². The summed E-state index contributed by atoms with van der Waals surface area (Å²) in [6.45, 7) is 0. The van der Waals surface area contributed by atoms with Crippen LogP contribution in [-0.2, 0) is 4.79 Å². The Kier molecular flexibility index (Phi) is 4.83. The monoisotopic (exact) mass is 298 g/mol. The average Bonchev–Trinajstić information content (AvgIpc) is 3.09. The fourth-order valence-corrected chi connectivity index (χ4v) is 3.07. The molecule has 1 amide bonds. The fourth-order valence-electron chi connectivity index (χ4n) is 3.07. The van der Waals surface area contributed by atoms with Gasteiger partial charge in [-0.25, -0.2) is 9.67 Å². The van der Waals surface area contributed by atoms with Gasteiger partial charge in [0.2, 0.25) is 5.91 Å². The van der Waals surface area contributed by atoms with Gasteiger partial charge >= 0.3 is 0 Å². The Hall–Kier alpha value is -2.17. The SMILES string of the molecule is O=C(CCC1CCCCC1)Nc1ccc(-n2cncn2)cc1. The van der Waals surface area contributed by atoms with Gasteiger partial charge in [0.15, 0.2) is 0 Å². The van der Waals surface area contributed by atoms with Crippen LogP contribution in [0.3, 0.4) is 0 Å². The van der Waals surface area contributed by atoms with Gasteiger partial charge in [-0.1, -0.05) is 32.1 Å². The number of aromatic nitrogens is 3. The van der Waals surface area contributed by atoms with Crippen molar-refractivity contribution in [1.29, 1.82) is 0 Å². The Labute approximate surface area is 130 Å². The van der Waals surface area contributed by atoms with Gasteiger partial charge in [-0.15, -0.1) is 0 Å². The Morgan fingerprint density at radius 1 is 1.18 bits per heavy atom. The molecular weight excluding hydrogens is 276 g/mol. The van der Waals surface area contributed by atoms with E-state index in [4.69, 9.17) is 0 Å². The van der Waals surface area contributed by atoms with Crippen LogP contribution in [0.25, 0.3) is 5.69 Å². The normalized spacial score (nSPS) is 15.6. The average molecular weight is 298 g/mol. The van der Waals surface area contributed by atoms with Crippen LogP contribution in [-0.4, -0.2) is 20.7 Å². The highest BCUT2D eigenvalue weighted by Gasteiger charge is 2.14. The Morgan fingerprint density at radius 3 is 2.64 bits per heavy atom. The topological polar surface area (TPSA) is 59.8 Å². The van der Waals surface area contributed by atoms with E-state index < -0.39 is 0 Å². The molecule has 0 saturated heterocycles. The zero-order valence-electron chi connectivity index (χ0n) is 12.7. The van der Waals surface area contributed by atoms with Crippen LogP contribution in [0, 0.1) is 5.92 Å². The van der Waals surface area contributed by atoms with Crippen LogP contribution in [0.15, 0.2) is 36.9 Å². The van der Waals surface area contributed by atoms with E-state index in [0.29, 0.717) is 6.42 Å². The Balaban J connectivity index is 1.48. The predicted octanol–water partition coefficient (Wildman–Crippen LogP) is 3.57. The third-order valence-electron chi connectivity index (χ3n) is 4.34. The van der Waals surface area contributed by atoms with Gasteiger partial charge < -0.3 is 5.32 Å². The summed E-state index contributed by atoms with van der Waals surface area (Å²) in [6, 6.07) is 7.64. The lowest BCUT2D eigenvalue weighted by molar-refractivity contribution is -0.116. The highest BCUT2D eigenvalue weighted by molar-refractivity contribution is 5.90. The largest absolute Gasteiger partial charge is 0.326 e. The molecule has 0 aliphatic heterocycles. The van der Waals surface area contributed by atoms with Crippen molar-refractivity contribution in [1.82, 2.24) is 14.8 Å². The standard InChI is InChI=1S/C17H22N4O/c22-17(11-6-14-4-2-1-3-5-14)20-15-7-9-16(10-8-15)21-13-18-12-19-21/h7-10,12-14H,1-6,11H2,(H,20,22). The Bertz CT molecular complexity index is 586. The molecule has 0 spiro atoms. The van der Waals surface area contributed by atoms with E-state index in [1.54, 1.807) is 11.0 Å². The maximum atomic E-state index is 12.0. The first-order valence-corrected chi connectivity index (χ1v) is 8.06. The summed E-state index contributed by atoms with van der Waals surface area (Å²) in [5.74, 6) is 0.855. The zero-order chi connectivity index (χ0) is 15.2. The molecule has 1 N–H and O–H groups in total. The van der Waals surface area contributed by atoms with E-state index >= 15 is 0 Å². The van der Waals surface area contributed by atoms with Crippen molar-refractivity contribution >= 4 is 11.6 Å². The van der Waals surface area contributed by atoms with Crippen molar-refractivity contribution in [3.05, 3.63) is 36.9 Å². The molecule has 22 heavy (non-hydrogen) atoms. The maximum Gasteiger partial charge on any atom is 0.224 e. The number of benzene rings is 1. The van der Waals surface area contributed by atoms with E-state index in [0.717, 1.165) is 23.7 Å². The summed E-state index contributed by atoms with van der Waals surface area (Å²) in [5.41, 5.74) is 1.76. The molecule has 5 nitrogen and oxygen atoms in total. The molecule has 1 aromatic carbocycles. The second kappa shape index (κ2) is 7.20. The van der Waals surface area contributed by atoms with Gasteiger partial charge in [0.25, 0.3) is 0 Å². The van der Waals surface area contributed by atoms with Crippen molar-refractivity contribution in [2.75, 3.05) is 5.32 Å². The lowest BCUT2D eigenvalue weighted by Gasteiger charge is -2.21. The summed E-state index contributed by atoms with van der Waals surface area (Å²) < 4.78 is 1.69. The van der Waals surface area contributed by atoms with E-state index in [2.05, 4.69) is 15.4 Å². The molecule has 0 unspecified atom stereocenters. The van der Waals surface area contributed by atoms with Gasteiger partial charge in [-0.05, 0) is 36.6 Å². The summed E-state index contributed by atoms with van der Waals surface area (Å²) in [7, 11) is 0. The lowest BCUT2D eigenvalue weighted by atomic mass is 9.86. The minimum Gasteiger partial charge on any atom is -0.326 e. The molecule has 116 valence electrons. The predicted molar refractivity (Wildman–Crippen MR) is 85.8 cm³/mol. The van der Waals surface area contributed by atoms with Crippen LogP contribution in [0.1, 0.15) is 44.9 Å². The van der Waals surface area contributed by atoms with Crippen LogP contribution in [0.4, 0.5) is 5.69 Å². The van der Waals surface area contributed by atoms with E-state index in [9.17, 15) is 4.79 Å². The third-order valence-corrected chi connectivity index (χ3v) is 4.34. The first-order valence-electron chi connectivity index (χ1n) is 8.06. The highest BCUT2D eigenvalue weighted by Crippen LogP contribution is 2.27. The van der Waals surface area contributed by atoms with Crippen molar-refractivity contribution in [3.63, 3.8) is 0 Å². The quantitative estimate of drug-likeness (QED) is 0.918. The van der Waals surface area contributed by atoms with Crippen molar-refractivity contribution in [3.8, 4) is 5.69 Å². The number of rotatable bonds is 5. The maximum absolute atomic E-state index is 12.0. The molecule has 1 fully saturated rings. The second-order valence-corrected chi connectivity index (χ2v) is 5.98. The fraction of sp³-hybridized carbons (Fsp3) is 0.471. The molecule has 2 aromatic rings. The molecular formula is C17H22N4O. The van der Waals surface area contributed by atoms with Crippen molar-refractivity contribution in [2.24, 2.45) is 5.92 Å². The van der Waals surface area contributed by atoms with Crippen LogP contribution >= 0.6 is 0 Å². The molecule has 0 bridgehead atoms. The summed E-state index contributed by atoms with van der Waals surface area (Å²) in [5, 5.41) is 7.05. The van der Waals surface area contributed by atoms with Gasteiger partial charge in [-0.3, -0.25) is 4.79 Å². The van der Waals surface area contributed by atoms with Gasteiger partial charge in [-0.2, -0.15) is 5.10 Å². The summed E-state index contributed by atoms with van der Waals surface area (Å²) >= 11 is 0. The van der Waals surface area contributed by atoms with Crippen molar-refractivity contribution in [2.45, 2.75) is 44.9 Å². The van der Waals surface area contributed by atoms with Gasteiger partial charge in [0.1, 0.15) is 12.7 Å². The number of nitrogens with one attached hydrogen (secondary N) is 1. The Morgan fingerprint density at radius 2 is 1.95 bits per heavy atom. The van der Waals surface area contributed by atoms with Crippen LogP contribution in [0.5, 0.6) is 0 Å². The molecule has 1 heterocycles. The number of anilines is 1. The van der Waals surface area contributed by atoms with Gasteiger partial charge in [0.05, 0.1) is 5.69 Å². The molecule has 0 atom stereocenters. The molecule has 3 rings (SSSR count). The third kappa shape index (κ3) is 3.93. The first kappa shape index (κ1) is 14.8. The number of carbonyl (C=O) groups is 1. The van der Waals surface area contributed by atoms with E-state index in [1.807, 2.05) is 24.3 Å². The van der Waals surface area contributed by atoms with Gasteiger partial charge in [0, 0.05) is 12.1 Å². The molecule has 0 radical (unpaired) electrons. The minimum atomic E-state index is 0.110. The lowest BCUT2D eigenvalue weighted by Crippen LogP contribution is -2.14. The first-order chi connectivity index (χ1) is 10.8. The minimum absolute atomic E-state index is 0.110.